The largest absolute Gasteiger partial charge is 0.497 e. The molecule has 28 heavy (non-hydrogen) atoms. The first-order chi connectivity index (χ1) is 13.7. The molecule has 0 amide bonds. The molecule has 0 unspecified atom stereocenters. The molecule has 0 spiro atoms. The molecule has 0 fully saturated rings. The van der Waals surface area contributed by atoms with Gasteiger partial charge in [-0.15, -0.1) is 22.7 Å². The molecule has 0 aliphatic rings. The lowest BCUT2D eigenvalue weighted by molar-refractivity contribution is 0.104. The Hall–Kier alpha value is -2.89. The molecule has 2 aromatic heterocycles. The van der Waals surface area contributed by atoms with Crippen LogP contribution in [0.15, 0.2) is 71.4 Å². The molecule has 2 heterocycles. The van der Waals surface area contributed by atoms with E-state index in [9.17, 15) is 4.79 Å². The maximum absolute atomic E-state index is 13.4. The van der Waals surface area contributed by atoms with Crippen molar-refractivity contribution < 1.29 is 14.3 Å². The van der Waals surface area contributed by atoms with Crippen molar-refractivity contribution in [2.24, 2.45) is 0 Å². The van der Waals surface area contributed by atoms with E-state index < -0.39 is 0 Å². The molecule has 0 bridgehead atoms. The second-order valence-corrected chi connectivity index (χ2v) is 7.95. The van der Waals surface area contributed by atoms with Crippen LogP contribution in [-0.4, -0.2) is 20.0 Å². The minimum Gasteiger partial charge on any atom is -0.497 e. The molecular formula is C23H18O3S2. The van der Waals surface area contributed by atoms with Crippen LogP contribution in [0.5, 0.6) is 11.5 Å². The Morgan fingerprint density at radius 1 is 0.643 bits per heavy atom. The third-order valence-electron chi connectivity index (χ3n) is 4.52. The zero-order valence-electron chi connectivity index (χ0n) is 15.5. The summed E-state index contributed by atoms with van der Waals surface area (Å²) in [5.74, 6) is 1.64. The minimum atomic E-state index is 0.0409. The number of rotatable bonds is 6. The van der Waals surface area contributed by atoms with Gasteiger partial charge in [0.1, 0.15) is 11.5 Å². The van der Waals surface area contributed by atoms with Crippen LogP contribution in [0.2, 0.25) is 0 Å². The second-order valence-electron chi connectivity index (χ2n) is 6.11. The summed E-state index contributed by atoms with van der Waals surface area (Å²) in [6.07, 6.45) is 0. The number of ether oxygens (including phenoxy) is 2. The van der Waals surface area contributed by atoms with E-state index in [4.69, 9.17) is 9.47 Å². The Morgan fingerprint density at radius 3 is 1.39 bits per heavy atom. The number of ketones is 1. The van der Waals surface area contributed by atoms with Gasteiger partial charge < -0.3 is 9.47 Å². The lowest BCUT2D eigenvalue weighted by atomic mass is 9.99. The molecule has 2 aromatic carbocycles. The fraction of sp³-hybridized carbons (Fsp3) is 0.0870. The number of thiophene rings is 2. The molecule has 5 heteroatoms. The zero-order chi connectivity index (χ0) is 19.5. The van der Waals surface area contributed by atoms with Gasteiger partial charge in [-0.2, -0.15) is 0 Å². The number of methoxy groups -OCH3 is 2. The van der Waals surface area contributed by atoms with Crippen molar-refractivity contribution in [2.45, 2.75) is 0 Å². The van der Waals surface area contributed by atoms with Gasteiger partial charge >= 0.3 is 0 Å². The Kier molecular flexibility index (Phi) is 5.28. The average molecular weight is 407 g/mol. The number of carbonyl (C=O) groups is 1. The predicted octanol–water partition coefficient (Wildman–Crippen LogP) is 6.39. The van der Waals surface area contributed by atoms with E-state index in [1.165, 1.54) is 0 Å². The summed E-state index contributed by atoms with van der Waals surface area (Å²) >= 11 is 3.15. The van der Waals surface area contributed by atoms with Gasteiger partial charge in [0.15, 0.2) is 5.78 Å². The van der Waals surface area contributed by atoms with Crippen LogP contribution < -0.4 is 9.47 Å². The molecule has 0 aliphatic heterocycles. The SMILES string of the molecule is COc1ccc(-c2sccc2C(=O)c2ccsc2-c2ccc(OC)cc2)cc1. The Morgan fingerprint density at radius 2 is 1.04 bits per heavy atom. The van der Waals surface area contributed by atoms with E-state index in [0.29, 0.717) is 0 Å². The molecule has 0 saturated heterocycles. The van der Waals surface area contributed by atoms with Gasteiger partial charge in [0.05, 0.1) is 14.2 Å². The molecule has 0 saturated carbocycles. The van der Waals surface area contributed by atoms with Crippen LogP contribution in [0.1, 0.15) is 15.9 Å². The van der Waals surface area contributed by atoms with E-state index in [2.05, 4.69) is 0 Å². The second kappa shape index (κ2) is 8.00. The van der Waals surface area contributed by atoms with Crippen molar-refractivity contribution >= 4 is 28.5 Å². The lowest BCUT2D eigenvalue weighted by Crippen LogP contribution is -2.01. The van der Waals surface area contributed by atoms with E-state index in [1.807, 2.05) is 71.4 Å². The average Bonchev–Trinajstić information content (AvgIpc) is 3.43. The molecule has 0 atom stereocenters. The monoisotopic (exact) mass is 406 g/mol. The number of hydrogen-bond acceptors (Lipinski definition) is 5. The summed E-state index contributed by atoms with van der Waals surface area (Å²) in [5.41, 5.74) is 3.48. The smallest absolute Gasteiger partial charge is 0.195 e. The molecule has 0 aliphatic carbocycles. The summed E-state index contributed by atoms with van der Waals surface area (Å²) in [5, 5.41) is 3.93. The van der Waals surface area contributed by atoms with Crippen molar-refractivity contribution in [2.75, 3.05) is 14.2 Å². The Labute approximate surface area is 171 Å². The van der Waals surface area contributed by atoms with Gasteiger partial charge in [0.2, 0.25) is 0 Å². The summed E-state index contributed by atoms with van der Waals surface area (Å²) in [6.45, 7) is 0. The minimum absolute atomic E-state index is 0.0409. The van der Waals surface area contributed by atoms with Crippen LogP contribution in [0.3, 0.4) is 0 Å². The van der Waals surface area contributed by atoms with Gasteiger partial charge in [-0.25, -0.2) is 0 Å². The molecule has 0 N–H and O–H groups in total. The molecular weight excluding hydrogens is 388 g/mol. The highest BCUT2D eigenvalue weighted by atomic mass is 32.1. The van der Waals surface area contributed by atoms with Crippen molar-refractivity contribution in [1.82, 2.24) is 0 Å². The molecule has 3 nitrogen and oxygen atoms in total. The van der Waals surface area contributed by atoms with Crippen molar-refractivity contribution in [3.8, 4) is 32.4 Å². The quantitative estimate of drug-likeness (QED) is 0.348. The Bertz CT molecular complexity index is 1000. The third kappa shape index (κ3) is 3.46. The van der Waals surface area contributed by atoms with Gasteiger partial charge in [-0.1, -0.05) is 0 Å². The van der Waals surface area contributed by atoms with Crippen LogP contribution >= 0.6 is 22.7 Å². The lowest BCUT2D eigenvalue weighted by Gasteiger charge is -2.07. The first-order valence-corrected chi connectivity index (χ1v) is 10.5. The van der Waals surface area contributed by atoms with Crippen LogP contribution in [0.25, 0.3) is 20.9 Å². The summed E-state index contributed by atoms with van der Waals surface area (Å²) < 4.78 is 10.5. The van der Waals surface area contributed by atoms with Crippen LogP contribution in [-0.2, 0) is 0 Å². The fourth-order valence-corrected chi connectivity index (χ4v) is 4.85. The first-order valence-electron chi connectivity index (χ1n) is 8.70. The van der Waals surface area contributed by atoms with Crippen LogP contribution in [0, 0.1) is 0 Å². The van der Waals surface area contributed by atoms with Gasteiger partial charge in [0, 0.05) is 20.9 Å². The van der Waals surface area contributed by atoms with E-state index in [1.54, 1.807) is 36.9 Å². The van der Waals surface area contributed by atoms with E-state index in [-0.39, 0.29) is 5.78 Å². The zero-order valence-corrected chi connectivity index (χ0v) is 17.1. The standard InChI is InChI=1S/C23H18O3S2/c1-25-17-7-3-15(4-8-17)22-19(11-13-27-22)21(24)20-12-14-28-23(20)16-5-9-18(26-2)10-6-16/h3-14H,1-2H3. The third-order valence-corrected chi connectivity index (χ3v) is 6.45. The molecule has 4 rings (SSSR count). The predicted molar refractivity (Wildman–Crippen MR) is 116 cm³/mol. The maximum Gasteiger partial charge on any atom is 0.195 e. The number of carbonyl (C=O) groups excluding carboxylic acids is 1. The van der Waals surface area contributed by atoms with Crippen molar-refractivity contribution in [3.05, 3.63) is 82.6 Å². The number of hydrogen-bond donors (Lipinski definition) is 0. The highest BCUT2D eigenvalue weighted by Crippen LogP contribution is 2.36. The highest BCUT2D eigenvalue weighted by Gasteiger charge is 2.20. The summed E-state index contributed by atoms with van der Waals surface area (Å²) in [4.78, 5) is 15.3. The van der Waals surface area contributed by atoms with Crippen LogP contribution in [0.4, 0.5) is 0 Å². The van der Waals surface area contributed by atoms with Crippen molar-refractivity contribution in [1.29, 1.82) is 0 Å². The summed E-state index contributed by atoms with van der Waals surface area (Å²) in [6, 6.07) is 19.4. The maximum atomic E-state index is 13.4. The van der Waals surface area contributed by atoms with E-state index >= 15 is 0 Å². The fourth-order valence-electron chi connectivity index (χ4n) is 3.05. The highest BCUT2D eigenvalue weighted by molar-refractivity contribution is 7.14. The van der Waals surface area contributed by atoms with Crippen molar-refractivity contribution in [3.63, 3.8) is 0 Å². The number of benzene rings is 2. The topological polar surface area (TPSA) is 35.5 Å². The van der Waals surface area contributed by atoms with Gasteiger partial charge in [-0.05, 0) is 82.6 Å². The van der Waals surface area contributed by atoms with Gasteiger partial charge in [0.25, 0.3) is 0 Å². The Balaban J connectivity index is 1.70. The van der Waals surface area contributed by atoms with Gasteiger partial charge in [-0.3, -0.25) is 4.79 Å². The molecule has 140 valence electrons. The molecule has 4 aromatic rings. The molecule has 0 radical (unpaired) electrons. The summed E-state index contributed by atoms with van der Waals surface area (Å²) in [7, 11) is 3.29. The first kappa shape index (κ1) is 18.5. The van der Waals surface area contributed by atoms with E-state index in [0.717, 1.165) is 43.5 Å². The normalized spacial score (nSPS) is 10.6.